The molecule has 0 aliphatic carbocycles. The van der Waals surface area contributed by atoms with Gasteiger partial charge in [0.1, 0.15) is 11.4 Å². The van der Waals surface area contributed by atoms with Crippen LogP contribution < -0.4 is 15.1 Å². The van der Waals surface area contributed by atoms with Crippen molar-refractivity contribution in [2.75, 3.05) is 49.8 Å². The molecule has 1 aromatic heterocycles. The number of thioether (sulfide) groups is 1. The molecule has 0 bridgehead atoms. The zero-order valence-corrected chi connectivity index (χ0v) is 20.7. The highest BCUT2D eigenvalue weighted by molar-refractivity contribution is 7.98. The molecule has 2 heterocycles. The van der Waals surface area contributed by atoms with Crippen LogP contribution in [0.2, 0.25) is 0 Å². The Morgan fingerprint density at radius 2 is 1.88 bits per heavy atom. The van der Waals surface area contributed by atoms with Crippen molar-refractivity contribution >= 4 is 29.2 Å². The van der Waals surface area contributed by atoms with Crippen molar-refractivity contribution in [2.24, 2.45) is 0 Å². The number of benzene rings is 2. The van der Waals surface area contributed by atoms with Gasteiger partial charge in [-0.05, 0) is 37.9 Å². The maximum absolute atomic E-state index is 13.6. The first kappa shape index (κ1) is 24.2. The maximum Gasteiger partial charge on any atom is 0.263 e. The first-order valence-electron chi connectivity index (χ1n) is 11.5. The third-order valence-electron chi connectivity index (χ3n) is 5.98. The number of hydrogen-bond donors (Lipinski definition) is 1. The molecule has 2 aromatic carbocycles. The summed E-state index contributed by atoms with van der Waals surface area (Å²) in [5.74, 6) is 0.589. The first-order valence-corrected chi connectivity index (χ1v) is 12.7. The fourth-order valence-electron chi connectivity index (χ4n) is 4.11. The molecule has 7 nitrogen and oxygen atoms in total. The lowest BCUT2D eigenvalue weighted by atomic mass is 10.1. The quantitative estimate of drug-likeness (QED) is 0.366. The van der Waals surface area contributed by atoms with Gasteiger partial charge in [-0.3, -0.25) is 4.79 Å². The maximum atomic E-state index is 13.6. The molecular formula is C26H31N5O2S. The monoisotopic (exact) mass is 477 g/mol. The van der Waals surface area contributed by atoms with E-state index >= 15 is 0 Å². The molecule has 1 aliphatic heterocycles. The van der Waals surface area contributed by atoms with Gasteiger partial charge in [0, 0.05) is 37.6 Å². The highest BCUT2D eigenvalue weighted by Gasteiger charge is 2.29. The minimum absolute atomic E-state index is 0.0354. The van der Waals surface area contributed by atoms with Crippen molar-refractivity contribution in [2.45, 2.75) is 24.3 Å². The number of ether oxygens (including phenoxy) is 1. The van der Waals surface area contributed by atoms with Crippen LogP contribution >= 0.6 is 11.8 Å². The number of fused-ring (bicyclic) bond motifs is 1. The van der Waals surface area contributed by atoms with E-state index in [4.69, 9.17) is 4.74 Å². The molecule has 0 saturated heterocycles. The van der Waals surface area contributed by atoms with Gasteiger partial charge in [-0.1, -0.05) is 60.3 Å². The number of rotatable bonds is 9. The van der Waals surface area contributed by atoms with E-state index in [-0.39, 0.29) is 12.0 Å². The van der Waals surface area contributed by atoms with E-state index in [1.54, 1.807) is 6.20 Å². The zero-order valence-electron chi connectivity index (χ0n) is 19.9. The Balaban J connectivity index is 1.59. The van der Waals surface area contributed by atoms with Gasteiger partial charge in [-0.15, -0.1) is 0 Å². The SMILES string of the molecule is CNCCC(OCc1ccccc1N1CCN(C)c2nc(SC)ncc2C1=O)c1ccccc1. The fraction of sp³-hybridized carbons (Fsp3) is 0.346. The number of carbonyl (C=O) groups excluding carboxylic acids is 1. The van der Waals surface area contributed by atoms with Crippen molar-refractivity contribution in [1.82, 2.24) is 15.3 Å². The summed E-state index contributed by atoms with van der Waals surface area (Å²) < 4.78 is 6.42. The van der Waals surface area contributed by atoms with Gasteiger partial charge >= 0.3 is 0 Å². The number of anilines is 2. The Labute approximate surface area is 205 Å². The van der Waals surface area contributed by atoms with Crippen LogP contribution in [0.1, 0.15) is 34.0 Å². The fourth-order valence-corrected chi connectivity index (χ4v) is 4.44. The summed E-state index contributed by atoms with van der Waals surface area (Å²) in [6.07, 6.45) is 4.40. The second kappa shape index (κ2) is 11.5. The Bertz CT molecular complexity index is 1110. The number of hydrogen-bond acceptors (Lipinski definition) is 7. The van der Waals surface area contributed by atoms with Gasteiger partial charge in [0.05, 0.1) is 12.7 Å². The lowest BCUT2D eigenvalue weighted by Crippen LogP contribution is -2.34. The van der Waals surface area contributed by atoms with Crippen molar-refractivity contribution in [3.8, 4) is 0 Å². The van der Waals surface area contributed by atoms with Crippen LogP contribution in [0.5, 0.6) is 0 Å². The summed E-state index contributed by atoms with van der Waals surface area (Å²) in [5.41, 5.74) is 3.51. The van der Waals surface area contributed by atoms with Crippen LogP contribution in [-0.4, -0.2) is 55.9 Å². The van der Waals surface area contributed by atoms with Gasteiger partial charge in [-0.25, -0.2) is 9.97 Å². The average molecular weight is 478 g/mol. The summed E-state index contributed by atoms with van der Waals surface area (Å²) in [4.78, 5) is 26.4. The average Bonchev–Trinajstić information content (AvgIpc) is 3.00. The molecule has 1 atom stereocenters. The number of aromatic nitrogens is 2. The van der Waals surface area contributed by atoms with Crippen molar-refractivity contribution in [1.29, 1.82) is 0 Å². The van der Waals surface area contributed by atoms with Gasteiger partial charge in [0.2, 0.25) is 0 Å². The predicted molar refractivity (Wildman–Crippen MR) is 138 cm³/mol. The highest BCUT2D eigenvalue weighted by Crippen LogP contribution is 2.30. The third-order valence-corrected chi connectivity index (χ3v) is 6.54. The minimum Gasteiger partial charge on any atom is -0.369 e. The number of nitrogens with one attached hydrogen (secondary N) is 1. The summed E-state index contributed by atoms with van der Waals surface area (Å²) in [5, 5.41) is 3.87. The molecule has 1 unspecified atom stereocenters. The number of likely N-dealkylation sites (N-methyl/N-ethyl adjacent to an activating group) is 1. The summed E-state index contributed by atoms with van der Waals surface area (Å²) in [7, 11) is 3.91. The standard InChI is InChI=1S/C26H31N5O2S/c1-27-14-13-23(19-9-5-4-6-10-19)33-18-20-11-7-8-12-22(20)31-16-15-30(2)24-21(25(31)32)17-28-26(29-24)34-3/h4-12,17,23,27H,13-16,18H2,1-3H3. The van der Waals surface area contributed by atoms with Gasteiger partial charge < -0.3 is 19.9 Å². The zero-order chi connectivity index (χ0) is 23.9. The minimum atomic E-state index is -0.0887. The molecule has 1 aliphatic rings. The van der Waals surface area contributed by atoms with E-state index in [0.717, 1.165) is 29.8 Å². The lowest BCUT2D eigenvalue weighted by molar-refractivity contribution is 0.0346. The number of nitrogens with zero attached hydrogens (tertiary/aromatic N) is 4. The second-order valence-electron chi connectivity index (χ2n) is 8.20. The highest BCUT2D eigenvalue weighted by atomic mass is 32.2. The summed E-state index contributed by atoms with van der Waals surface area (Å²) in [6.45, 7) is 2.49. The summed E-state index contributed by atoms with van der Waals surface area (Å²) >= 11 is 1.47. The predicted octanol–water partition coefficient (Wildman–Crippen LogP) is 4.16. The molecule has 0 radical (unpaired) electrons. The van der Waals surface area contributed by atoms with Gasteiger partial charge in [-0.2, -0.15) is 0 Å². The molecular weight excluding hydrogens is 446 g/mol. The normalized spacial score (nSPS) is 14.6. The molecule has 8 heteroatoms. The molecule has 0 fully saturated rings. The number of carbonyl (C=O) groups is 1. The second-order valence-corrected chi connectivity index (χ2v) is 8.98. The van der Waals surface area contributed by atoms with Crippen LogP contribution in [0.3, 0.4) is 0 Å². The Morgan fingerprint density at radius 1 is 1.12 bits per heavy atom. The molecule has 0 spiro atoms. The molecule has 34 heavy (non-hydrogen) atoms. The summed E-state index contributed by atoms with van der Waals surface area (Å²) in [6, 6.07) is 18.3. The van der Waals surface area contributed by atoms with E-state index in [1.165, 1.54) is 11.8 Å². The molecule has 3 aromatic rings. The molecule has 4 rings (SSSR count). The number of para-hydroxylation sites is 1. The van der Waals surface area contributed by atoms with E-state index in [9.17, 15) is 4.79 Å². The Hall–Kier alpha value is -2.94. The van der Waals surface area contributed by atoms with Gasteiger partial charge in [0.15, 0.2) is 5.16 Å². The van der Waals surface area contributed by atoms with Crippen molar-refractivity contribution < 1.29 is 9.53 Å². The molecule has 0 saturated carbocycles. The molecule has 1 amide bonds. The number of amides is 1. The van der Waals surface area contributed by atoms with Crippen molar-refractivity contribution in [3.05, 3.63) is 77.5 Å². The third kappa shape index (κ3) is 5.41. The smallest absolute Gasteiger partial charge is 0.263 e. The largest absolute Gasteiger partial charge is 0.369 e. The van der Waals surface area contributed by atoms with Crippen LogP contribution in [0.15, 0.2) is 66.0 Å². The van der Waals surface area contributed by atoms with Crippen LogP contribution in [0, 0.1) is 0 Å². The molecule has 1 N–H and O–H groups in total. The van der Waals surface area contributed by atoms with E-state index in [2.05, 4.69) is 27.4 Å². The lowest BCUT2D eigenvalue weighted by Gasteiger charge is -2.25. The van der Waals surface area contributed by atoms with E-state index < -0.39 is 0 Å². The van der Waals surface area contributed by atoms with Crippen LogP contribution in [0.25, 0.3) is 0 Å². The Kier molecular flexibility index (Phi) is 8.16. The Morgan fingerprint density at radius 3 is 2.65 bits per heavy atom. The van der Waals surface area contributed by atoms with Crippen LogP contribution in [0.4, 0.5) is 11.5 Å². The van der Waals surface area contributed by atoms with E-state index in [0.29, 0.717) is 36.2 Å². The first-order chi connectivity index (χ1) is 16.6. The topological polar surface area (TPSA) is 70.6 Å². The van der Waals surface area contributed by atoms with E-state index in [1.807, 2.05) is 72.6 Å². The van der Waals surface area contributed by atoms with Gasteiger partial charge in [0.25, 0.3) is 5.91 Å². The van der Waals surface area contributed by atoms with Crippen LogP contribution in [-0.2, 0) is 11.3 Å². The molecule has 178 valence electrons. The van der Waals surface area contributed by atoms with Crippen molar-refractivity contribution in [3.63, 3.8) is 0 Å².